The lowest BCUT2D eigenvalue weighted by molar-refractivity contribution is 0.210. The van der Waals surface area contributed by atoms with Gasteiger partial charge in [-0.1, -0.05) is 36.4 Å². The van der Waals surface area contributed by atoms with Crippen molar-refractivity contribution in [1.82, 2.24) is 0 Å². The first kappa shape index (κ1) is 12.2. The summed E-state index contributed by atoms with van der Waals surface area (Å²) < 4.78 is 0. The fourth-order valence-corrected chi connectivity index (χ4v) is 1.99. The summed E-state index contributed by atoms with van der Waals surface area (Å²) in [5.74, 6) is 0. The zero-order valence-electron chi connectivity index (χ0n) is 10.4. The SMILES string of the molecule is Cc1cccc(-c2ccccc2NC(=O)O)c1C. The molecule has 1 amide bonds. The molecule has 2 N–H and O–H groups in total. The second-order valence-electron chi connectivity index (χ2n) is 4.22. The van der Waals surface area contributed by atoms with Gasteiger partial charge in [-0.2, -0.15) is 0 Å². The molecular weight excluding hydrogens is 226 g/mol. The highest BCUT2D eigenvalue weighted by Gasteiger charge is 2.09. The van der Waals surface area contributed by atoms with Crippen molar-refractivity contribution >= 4 is 11.8 Å². The van der Waals surface area contributed by atoms with Crippen LogP contribution in [0.2, 0.25) is 0 Å². The number of carboxylic acid groups (broad SMARTS) is 1. The van der Waals surface area contributed by atoms with Crippen molar-refractivity contribution in [2.24, 2.45) is 0 Å². The summed E-state index contributed by atoms with van der Waals surface area (Å²) in [5, 5.41) is 11.3. The lowest BCUT2D eigenvalue weighted by Crippen LogP contribution is -2.08. The van der Waals surface area contributed by atoms with E-state index >= 15 is 0 Å². The molecule has 0 saturated heterocycles. The first-order valence-corrected chi connectivity index (χ1v) is 5.75. The highest BCUT2D eigenvalue weighted by molar-refractivity contribution is 5.91. The highest BCUT2D eigenvalue weighted by atomic mass is 16.4. The Bertz CT molecular complexity index is 591. The van der Waals surface area contributed by atoms with E-state index in [2.05, 4.69) is 5.32 Å². The Morgan fingerprint density at radius 1 is 1.00 bits per heavy atom. The molecule has 0 fully saturated rings. The molecular formula is C15H15NO2. The van der Waals surface area contributed by atoms with Gasteiger partial charge in [0, 0.05) is 5.56 Å². The quantitative estimate of drug-likeness (QED) is 0.833. The highest BCUT2D eigenvalue weighted by Crippen LogP contribution is 2.31. The van der Waals surface area contributed by atoms with E-state index in [1.165, 1.54) is 5.56 Å². The molecule has 92 valence electrons. The molecule has 3 heteroatoms. The molecule has 0 saturated carbocycles. The van der Waals surface area contributed by atoms with Gasteiger partial charge in [-0.3, -0.25) is 5.32 Å². The van der Waals surface area contributed by atoms with Crippen LogP contribution in [0.4, 0.5) is 10.5 Å². The molecule has 0 aromatic heterocycles. The number of aryl methyl sites for hydroxylation is 1. The van der Waals surface area contributed by atoms with Crippen LogP contribution >= 0.6 is 0 Å². The van der Waals surface area contributed by atoms with E-state index < -0.39 is 6.09 Å². The zero-order chi connectivity index (χ0) is 13.1. The number of benzene rings is 2. The number of rotatable bonds is 2. The van der Waals surface area contributed by atoms with Crippen LogP contribution in [0.5, 0.6) is 0 Å². The maximum atomic E-state index is 10.8. The van der Waals surface area contributed by atoms with Crippen LogP contribution in [-0.4, -0.2) is 11.2 Å². The molecule has 2 aromatic rings. The molecule has 0 aliphatic heterocycles. The molecule has 0 atom stereocenters. The lowest BCUT2D eigenvalue weighted by atomic mass is 9.96. The standard InChI is InChI=1S/C15H15NO2/c1-10-6-5-8-12(11(10)2)13-7-3-4-9-14(13)16-15(17)18/h3-9,16H,1-2H3,(H,17,18). The maximum Gasteiger partial charge on any atom is 0.409 e. The Balaban J connectivity index is 2.57. The van der Waals surface area contributed by atoms with Crippen LogP contribution in [0.1, 0.15) is 11.1 Å². The maximum absolute atomic E-state index is 10.8. The van der Waals surface area contributed by atoms with Gasteiger partial charge in [-0.05, 0) is 36.6 Å². The van der Waals surface area contributed by atoms with E-state index in [0.717, 1.165) is 16.7 Å². The number of amides is 1. The minimum Gasteiger partial charge on any atom is -0.465 e. The normalized spacial score (nSPS) is 10.1. The third-order valence-corrected chi connectivity index (χ3v) is 3.06. The van der Waals surface area contributed by atoms with E-state index in [-0.39, 0.29) is 0 Å². The molecule has 0 aliphatic carbocycles. The monoisotopic (exact) mass is 241 g/mol. The predicted molar refractivity (Wildman–Crippen MR) is 73.0 cm³/mol. The third-order valence-electron chi connectivity index (χ3n) is 3.06. The van der Waals surface area contributed by atoms with Crippen LogP contribution in [0.15, 0.2) is 42.5 Å². The van der Waals surface area contributed by atoms with Gasteiger partial charge in [0.15, 0.2) is 0 Å². The number of para-hydroxylation sites is 1. The van der Waals surface area contributed by atoms with Crippen molar-refractivity contribution in [3.05, 3.63) is 53.6 Å². The topological polar surface area (TPSA) is 49.3 Å². The van der Waals surface area contributed by atoms with E-state index in [4.69, 9.17) is 5.11 Å². The van der Waals surface area contributed by atoms with Gasteiger partial charge in [0.05, 0.1) is 5.69 Å². The minimum atomic E-state index is -1.05. The second kappa shape index (κ2) is 4.92. The largest absolute Gasteiger partial charge is 0.465 e. The Labute approximate surface area is 106 Å². The van der Waals surface area contributed by atoms with Gasteiger partial charge < -0.3 is 5.11 Å². The van der Waals surface area contributed by atoms with Crippen LogP contribution in [0.3, 0.4) is 0 Å². The summed E-state index contributed by atoms with van der Waals surface area (Å²) in [6.07, 6.45) is -1.05. The van der Waals surface area contributed by atoms with Crippen molar-refractivity contribution < 1.29 is 9.90 Å². The number of hydrogen-bond acceptors (Lipinski definition) is 1. The number of carbonyl (C=O) groups is 1. The fraction of sp³-hybridized carbons (Fsp3) is 0.133. The van der Waals surface area contributed by atoms with Crippen LogP contribution in [0.25, 0.3) is 11.1 Å². The smallest absolute Gasteiger partial charge is 0.409 e. The number of anilines is 1. The zero-order valence-corrected chi connectivity index (χ0v) is 10.4. The predicted octanol–water partition coefficient (Wildman–Crippen LogP) is 4.06. The Morgan fingerprint density at radius 2 is 1.67 bits per heavy atom. The minimum absolute atomic E-state index is 0.610. The van der Waals surface area contributed by atoms with E-state index in [1.54, 1.807) is 6.07 Å². The summed E-state index contributed by atoms with van der Waals surface area (Å²) in [7, 11) is 0. The average molecular weight is 241 g/mol. The molecule has 0 radical (unpaired) electrons. The van der Waals surface area contributed by atoms with Gasteiger partial charge in [0.1, 0.15) is 0 Å². The van der Waals surface area contributed by atoms with Gasteiger partial charge >= 0.3 is 6.09 Å². The Kier molecular flexibility index (Phi) is 3.33. The van der Waals surface area contributed by atoms with Crippen LogP contribution in [0, 0.1) is 13.8 Å². The van der Waals surface area contributed by atoms with Crippen LogP contribution < -0.4 is 5.32 Å². The summed E-state index contributed by atoms with van der Waals surface area (Å²) in [6, 6.07) is 13.5. The average Bonchev–Trinajstić information content (AvgIpc) is 2.33. The first-order valence-electron chi connectivity index (χ1n) is 5.75. The van der Waals surface area contributed by atoms with Gasteiger partial charge in [-0.25, -0.2) is 4.79 Å². The van der Waals surface area contributed by atoms with Gasteiger partial charge in [0.2, 0.25) is 0 Å². The third kappa shape index (κ3) is 2.35. The van der Waals surface area contributed by atoms with Crippen molar-refractivity contribution in [3.8, 4) is 11.1 Å². The van der Waals surface area contributed by atoms with Crippen LogP contribution in [-0.2, 0) is 0 Å². The summed E-state index contributed by atoms with van der Waals surface area (Å²) >= 11 is 0. The van der Waals surface area contributed by atoms with E-state index in [0.29, 0.717) is 5.69 Å². The number of nitrogens with one attached hydrogen (secondary N) is 1. The molecule has 0 aliphatic rings. The summed E-state index contributed by atoms with van der Waals surface area (Å²) in [5.41, 5.74) is 4.92. The molecule has 2 aromatic carbocycles. The Morgan fingerprint density at radius 3 is 2.39 bits per heavy atom. The Hall–Kier alpha value is -2.29. The molecule has 0 heterocycles. The van der Waals surface area contributed by atoms with Crippen molar-refractivity contribution in [3.63, 3.8) is 0 Å². The molecule has 3 nitrogen and oxygen atoms in total. The van der Waals surface area contributed by atoms with Crippen molar-refractivity contribution in [1.29, 1.82) is 0 Å². The first-order chi connectivity index (χ1) is 8.59. The van der Waals surface area contributed by atoms with Crippen molar-refractivity contribution in [2.75, 3.05) is 5.32 Å². The molecule has 0 bridgehead atoms. The fourth-order valence-electron chi connectivity index (χ4n) is 1.99. The van der Waals surface area contributed by atoms with Gasteiger partial charge in [0.25, 0.3) is 0 Å². The lowest BCUT2D eigenvalue weighted by Gasteiger charge is -2.13. The van der Waals surface area contributed by atoms with E-state index in [9.17, 15) is 4.79 Å². The van der Waals surface area contributed by atoms with Crippen molar-refractivity contribution in [2.45, 2.75) is 13.8 Å². The number of hydrogen-bond donors (Lipinski definition) is 2. The molecule has 0 spiro atoms. The van der Waals surface area contributed by atoms with E-state index in [1.807, 2.05) is 50.2 Å². The molecule has 0 unspecified atom stereocenters. The summed E-state index contributed by atoms with van der Waals surface area (Å²) in [4.78, 5) is 10.8. The molecule has 2 rings (SSSR count). The molecule has 18 heavy (non-hydrogen) atoms. The second-order valence-corrected chi connectivity index (χ2v) is 4.22. The van der Waals surface area contributed by atoms with Gasteiger partial charge in [-0.15, -0.1) is 0 Å². The summed E-state index contributed by atoms with van der Waals surface area (Å²) in [6.45, 7) is 4.09.